The molecule has 0 spiro atoms. The van der Waals surface area contributed by atoms with Crippen molar-refractivity contribution in [1.82, 2.24) is 20.2 Å². The zero-order valence-corrected chi connectivity index (χ0v) is 13.2. The third-order valence-corrected chi connectivity index (χ3v) is 4.87. The SMILES string of the molecule is Nc1ccc(Sc2nnnn2-c2ccccc2)c(I)c1. The molecule has 20 heavy (non-hydrogen) atoms. The number of aromatic nitrogens is 4. The average molecular weight is 395 g/mol. The first-order valence-electron chi connectivity index (χ1n) is 5.81. The molecule has 3 rings (SSSR count). The Morgan fingerprint density at radius 2 is 1.90 bits per heavy atom. The molecular formula is C13H10IN5S. The highest BCUT2D eigenvalue weighted by atomic mass is 127. The van der Waals surface area contributed by atoms with Crippen LogP contribution in [-0.2, 0) is 0 Å². The molecule has 0 aliphatic heterocycles. The van der Waals surface area contributed by atoms with Gasteiger partial charge in [0.05, 0.1) is 5.69 Å². The summed E-state index contributed by atoms with van der Waals surface area (Å²) in [5, 5.41) is 12.6. The summed E-state index contributed by atoms with van der Waals surface area (Å²) < 4.78 is 2.80. The van der Waals surface area contributed by atoms with E-state index in [0.29, 0.717) is 0 Å². The second-order valence-corrected chi connectivity index (χ2v) is 6.17. The monoisotopic (exact) mass is 395 g/mol. The second kappa shape index (κ2) is 5.80. The van der Waals surface area contributed by atoms with Crippen molar-refractivity contribution in [3.05, 3.63) is 52.1 Å². The van der Waals surface area contributed by atoms with Crippen molar-refractivity contribution in [2.24, 2.45) is 0 Å². The Morgan fingerprint density at radius 1 is 1.10 bits per heavy atom. The second-order valence-electron chi connectivity index (χ2n) is 4.00. The van der Waals surface area contributed by atoms with E-state index in [1.54, 1.807) is 4.68 Å². The molecule has 2 aromatic carbocycles. The van der Waals surface area contributed by atoms with Crippen LogP contribution in [-0.4, -0.2) is 20.2 Å². The van der Waals surface area contributed by atoms with Crippen molar-refractivity contribution < 1.29 is 0 Å². The van der Waals surface area contributed by atoms with E-state index in [-0.39, 0.29) is 0 Å². The average Bonchev–Trinajstić information content (AvgIpc) is 2.91. The van der Waals surface area contributed by atoms with Gasteiger partial charge in [0.15, 0.2) is 0 Å². The Balaban J connectivity index is 1.95. The van der Waals surface area contributed by atoms with Crippen LogP contribution in [0.5, 0.6) is 0 Å². The highest BCUT2D eigenvalue weighted by Gasteiger charge is 2.11. The van der Waals surface area contributed by atoms with Gasteiger partial charge >= 0.3 is 0 Å². The van der Waals surface area contributed by atoms with Crippen molar-refractivity contribution in [3.8, 4) is 5.69 Å². The van der Waals surface area contributed by atoms with Crippen LogP contribution in [0.4, 0.5) is 5.69 Å². The topological polar surface area (TPSA) is 69.6 Å². The van der Waals surface area contributed by atoms with E-state index < -0.39 is 0 Å². The normalized spacial score (nSPS) is 10.7. The van der Waals surface area contributed by atoms with Gasteiger partial charge in [-0.25, -0.2) is 0 Å². The predicted octanol–water partition coefficient (Wildman–Crippen LogP) is 3.00. The highest BCUT2D eigenvalue weighted by molar-refractivity contribution is 14.1. The molecule has 2 N–H and O–H groups in total. The van der Waals surface area contributed by atoms with Crippen molar-refractivity contribution in [1.29, 1.82) is 0 Å². The summed E-state index contributed by atoms with van der Waals surface area (Å²) in [5.41, 5.74) is 7.45. The Hall–Kier alpha value is -1.61. The van der Waals surface area contributed by atoms with E-state index >= 15 is 0 Å². The van der Waals surface area contributed by atoms with Gasteiger partial charge in [-0.1, -0.05) is 18.2 Å². The minimum Gasteiger partial charge on any atom is -0.399 e. The van der Waals surface area contributed by atoms with Crippen LogP contribution in [0.1, 0.15) is 0 Å². The smallest absolute Gasteiger partial charge is 0.218 e. The lowest BCUT2D eigenvalue weighted by Crippen LogP contribution is -1.98. The zero-order chi connectivity index (χ0) is 13.9. The number of hydrogen-bond acceptors (Lipinski definition) is 5. The molecule has 0 saturated carbocycles. The maximum atomic E-state index is 5.76. The molecule has 100 valence electrons. The zero-order valence-electron chi connectivity index (χ0n) is 10.3. The number of para-hydroxylation sites is 1. The molecule has 0 atom stereocenters. The molecule has 0 aliphatic carbocycles. The molecular weight excluding hydrogens is 385 g/mol. The number of nitrogens with zero attached hydrogens (tertiary/aromatic N) is 4. The maximum absolute atomic E-state index is 5.76. The van der Waals surface area contributed by atoms with Gasteiger partial charge in [-0.05, 0) is 75.1 Å². The standard InChI is InChI=1S/C13H10IN5S/c14-11-8-9(15)6-7-12(11)20-13-16-17-18-19(13)10-4-2-1-3-5-10/h1-8H,15H2. The lowest BCUT2D eigenvalue weighted by Gasteiger charge is -2.06. The van der Waals surface area contributed by atoms with Gasteiger partial charge in [-0.15, -0.1) is 5.10 Å². The number of hydrogen-bond donors (Lipinski definition) is 1. The molecule has 0 fully saturated rings. The van der Waals surface area contributed by atoms with E-state index in [4.69, 9.17) is 5.73 Å². The van der Waals surface area contributed by atoms with Gasteiger partial charge in [0, 0.05) is 14.2 Å². The van der Waals surface area contributed by atoms with Gasteiger partial charge < -0.3 is 5.73 Å². The fourth-order valence-electron chi connectivity index (χ4n) is 1.67. The van der Waals surface area contributed by atoms with Crippen molar-refractivity contribution in [2.75, 3.05) is 5.73 Å². The first kappa shape index (κ1) is 13.4. The summed E-state index contributed by atoms with van der Waals surface area (Å²) >= 11 is 3.77. The molecule has 0 bridgehead atoms. The summed E-state index contributed by atoms with van der Waals surface area (Å²) in [6, 6.07) is 15.6. The van der Waals surface area contributed by atoms with Crippen LogP contribution in [0.15, 0.2) is 58.6 Å². The Morgan fingerprint density at radius 3 is 2.65 bits per heavy atom. The molecule has 7 heteroatoms. The van der Waals surface area contributed by atoms with Gasteiger partial charge in [0.25, 0.3) is 0 Å². The molecule has 1 heterocycles. The third kappa shape index (κ3) is 2.78. The van der Waals surface area contributed by atoms with E-state index in [1.165, 1.54) is 11.8 Å². The molecule has 5 nitrogen and oxygen atoms in total. The fraction of sp³-hybridized carbons (Fsp3) is 0. The van der Waals surface area contributed by atoms with Crippen molar-refractivity contribution in [3.63, 3.8) is 0 Å². The minimum atomic E-state index is 0.721. The van der Waals surface area contributed by atoms with Gasteiger partial charge in [-0.3, -0.25) is 0 Å². The number of anilines is 1. The van der Waals surface area contributed by atoms with Crippen LogP contribution in [0, 0.1) is 3.57 Å². The van der Waals surface area contributed by atoms with Crippen LogP contribution in [0.25, 0.3) is 5.69 Å². The van der Waals surface area contributed by atoms with Gasteiger partial charge in [0.2, 0.25) is 5.16 Å². The molecule has 0 saturated heterocycles. The summed E-state index contributed by atoms with van der Waals surface area (Å²) in [5.74, 6) is 0. The molecule has 0 amide bonds. The summed E-state index contributed by atoms with van der Waals surface area (Å²) in [7, 11) is 0. The fourth-order valence-corrected chi connectivity index (χ4v) is 3.34. The third-order valence-electron chi connectivity index (χ3n) is 2.60. The highest BCUT2D eigenvalue weighted by Crippen LogP contribution is 2.31. The van der Waals surface area contributed by atoms with Gasteiger partial charge in [0.1, 0.15) is 0 Å². The number of tetrazole rings is 1. The molecule has 0 aliphatic rings. The Labute approximate surface area is 133 Å². The molecule has 0 radical (unpaired) electrons. The lowest BCUT2D eigenvalue weighted by molar-refractivity contribution is 0.756. The van der Waals surface area contributed by atoms with Crippen LogP contribution >= 0.6 is 34.4 Å². The summed E-state index contributed by atoms with van der Waals surface area (Å²) in [6.07, 6.45) is 0. The van der Waals surface area contributed by atoms with Crippen LogP contribution < -0.4 is 5.73 Å². The summed E-state index contributed by atoms with van der Waals surface area (Å²) in [6.45, 7) is 0. The lowest BCUT2D eigenvalue weighted by atomic mass is 10.3. The van der Waals surface area contributed by atoms with Crippen LogP contribution in [0.2, 0.25) is 0 Å². The van der Waals surface area contributed by atoms with E-state index in [9.17, 15) is 0 Å². The number of nitrogens with two attached hydrogens (primary N) is 1. The molecule has 0 unspecified atom stereocenters. The van der Waals surface area contributed by atoms with E-state index in [0.717, 1.165) is 25.0 Å². The number of nitrogen functional groups attached to an aromatic ring is 1. The number of halogens is 1. The first-order valence-corrected chi connectivity index (χ1v) is 7.70. The largest absolute Gasteiger partial charge is 0.399 e. The Kier molecular flexibility index (Phi) is 3.88. The Bertz CT molecular complexity index is 729. The predicted molar refractivity (Wildman–Crippen MR) is 86.8 cm³/mol. The molecule has 1 aromatic heterocycles. The number of benzene rings is 2. The number of rotatable bonds is 3. The van der Waals surface area contributed by atoms with Gasteiger partial charge in [-0.2, -0.15) is 4.68 Å². The summed E-state index contributed by atoms with van der Waals surface area (Å²) in [4.78, 5) is 1.08. The van der Waals surface area contributed by atoms with Crippen molar-refractivity contribution in [2.45, 2.75) is 10.1 Å². The maximum Gasteiger partial charge on any atom is 0.218 e. The molecule has 3 aromatic rings. The van der Waals surface area contributed by atoms with E-state index in [2.05, 4.69) is 38.1 Å². The minimum absolute atomic E-state index is 0.721. The van der Waals surface area contributed by atoms with E-state index in [1.807, 2.05) is 48.5 Å². The van der Waals surface area contributed by atoms with Crippen LogP contribution in [0.3, 0.4) is 0 Å². The van der Waals surface area contributed by atoms with Crippen molar-refractivity contribution >= 4 is 40.0 Å². The first-order chi connectivity index (χ1) is 9.74. The quantitative estimate of drug-likeness (QED) is 0.546.